The molecule has 1 aromatic rings. The van der Waals surface area contributed by atoms with Crippen molar-refractivity contribution < 1.29 is 14.3 Å². The molecule has 1 amide bonds. The van der Waals surface area contributed by atoms with Gasteiger partial charge in [-0.25, -0.2) is 4.79 Å². The molecule has 4 rings (SSSR count). The predicted octanol–water partition coefficient (Wildman–Crippen LogP) is 4.81. The standard InChI is InChI=1S/C21H29NO3S/c1-11(2)25-21(24)18-15-7-4-12(3)8-17(15)26-20(18)22-19(23)16-10-13-5-6-14(16)9-13/h11-14,16H,4-10H2,1-3H3,(H,22,23). The van der Waals surface area contributed by atoms with Crippen LogP contribution in [0.3, 0.4) is 0 Å². The maximum absolute atomic E-state index is 12.9. The van der Waals surface area contributed by atoms with Crippen LogP contribution in [0.15, 0.2) is 0 Å². The van der Waals surface area contributed by atoms with Crippen LogP contribution in [0.5, 0.6) is 0 Å². The summed E-state index contributed by atoms with van der Waals surface area (Å²) in [5.74, 6) is 1.86. The summed E-state index contributed by atoms with van der Waals surface area (Å²) >= 11 is 1.60. The Kier molecular flexibility index (Phi) is 4.84. The SMILES string of the molecule is CC1CCc2c(sc(NC(=O)C3CC4CCC3C4)c2C(=O)OC(C)C)C1. The van der Waals surface area contributed by atoms with E-state index < -0.39 is 0 Å². The van der Waals surface area contributed by atoms with Crippen LogP contribution >= 0.6 is 11.3 Å². The van der Waals surface area contributed by atoms with Gasteiger partial charge in [-0.1, -0.05) is 13.3 Å². The summed E-state index contributed by atoms with van der Waals surface area (Å²) in [7, 11) is 0. The number of esters is 1. The molecule has 0 radical (unpaired) electrons. The molecule has 0 saturated heterocycles. The fourth-order valence-corrected chi connectivity index (χ4v) is 6.50. The van der Waals surface area contributed by atoms with Gasteiger partial charge < -0.3 is 10.1 Å². The highest BCUT2D eigenvalue weighted by atomic mass is 32.1. The Balaban J connectivity index is 1.60. The molecule has 4 unspecified atom stereocenters. The molecule has 0 spiro atoms. The van der Waals surface area contributed by atoms with Crippen molar-refractivity contribution in [3.8, 4) is 0 Å². The zero-order valence-electron chi connectivity index (χ0n) is 16.0. The van der Waals surface area contributed by atoms with Gasteiger partial charge in [-0.2, -0.15) is 0 Å². The third kappa shape index (κ3) is 3.30. The summed E-state index contributed by atoms with van der Waals surface area (Å²) in [6, 6.07) is 0. The number of fused-ring (bicyclic) bond motifs is 3. The Morgan fingerprint density at radius 2 is 2.00 bits per heavy atom. The van der Waals surface area contributed by atoms with E-state index in [1.165, 1.54) is 24.1 Å². The second kappa shape index (κ2) is 6.99. The lowest BCUT2D eigenvalue weighted by atomic mass is 9.87. The van der Waals surface area contributed by atoms with E-state index in [0.29, 0.717) is 17.4 Å². The third-order valence-electron chi connectivity index (χ3n) is 6.37. The summed E-state index contributed by atoms with van der Waals surface area (Å²) in [6.45, 7) is 5.99. The smallest absolute Gasteiger partial charge is 0.341 e. The minimum atomic E-state index is -0.282. The van der Waals surface area contributed by atoms with Crippen LogP contribution in [0.1, 0.15) is 73.7 Å². The first-order chi connectivity index (χ1) is 12.4. The van der Waals surface area contributed by atoms with Gasteiger partial charge in [0.1, 0.15) is 5.00 Å². The number of carbonyl (C=O) groups excluding carboxylic acids is 2. The number of thiophene rings is 1. The summed E-state index contributed by atoms with van der Waals surface area (Å²) in [6.07, 6.45) is 7.52. The zero-order chi connectivity index (χ0) is 18.4. The highest BCUT2D eigenvalue weighted by Gasteiger charge is 2.43. The first-order valence-electron chi connectivity index (χ1n) is 10.1. The van der Waals surface area contributed by atoms with Gasteiger partial charge in [0.25, 0.3) is 0 Å². The molecule has 1 N–H and O–H groups in total. The van der Waals surface area contributed by atoms with Crippen molar-refractivity contribution in [3.63, 3.8) is 0 Å². The Bertz CT molecular complexity index is 723. The highest BCUT2D eigenvalue weighted by molar-refractivity contribution is 7.17. The molecule has 2 saturated carbocycles. The minimum Gasteiger partial charge on any atom is -0.459 e. The summed E-state index contributed by atoms with van der Waals surface area (Å²) in [5, 5.41) is 3.87. The molecule has 26 heavy (non-hydrogen) atoms. The fourth-order valence-electron chi connectivity index (χ4n) is 5.10. The summed E-state index contributed by atoms with van der Waals surface area (Å²) in [4.78, 5) is 26.9. The van der Waals surface area contributed by atoms with Gasteiger partial charge >= 0.3 is 5.97 Å². The third-order valence-corrected chi connectivity index (χ3v) is 7.54. The molecule has 2 bridgehead atoms. The lowest BCUT2D eigenvalue weighted by molar-refractivity contribution is -0.121. The van der Waals surface area contributed by atoms with Gasteiger partial charge in [0, 0.05) is 10.8 Å². The lowest BCUT2D eigenvalue weighted by Gasteiger charge is -2.21. The van der Waals surface area contributed by atoms with E-state index >= 15 is 0 Å². The fraction of sp³-hybridized carbons (Fsp3) is 0.714. The molecular formula is C21H29NO3S. The average molecular weight is 376 g/mol. The normalized spacial score (nSPS) is 29.7. The second-order valence-electron chi connectivity index (χ2n) is 8.78. The second-order valence-corrected chi connectivity index (χ2v) is 9.89. The van der Waals surface area contributed by atoms with E-state index in [9.17, 15) is 9.59 Å². The van der Waals surface area contributed by atoms with E-state index in [1.54, 1.807) is 11.3 Å². The van der Waals surface area contributed by atoms with Crippen LogP contribution in [0.25, 0.3) is 0 Å². The van der Waals surface area contributed by atoms with Gasteiger partial charge in [0.2, 0.25) is 5.91 Å². The van der Waals surface area contributed by atoms with Gasteiger partial charge in [-0.05, 0) is 75.7 Å². The van der Waals surface area contributed by atoms with Crippen molar-refractivity contribution in [2.75, 3.05) is 5.32 Å². The van der Waals surface area contributed by atoms with E-state index in [2.05, 4.69) is 12.2 Å². The Labute approximate surface area is 159 Å². The molecule has 0 aromatic carbocycles. The predicted molar refractivity (Wildman–Crippen MR) is 104 cm³/mol. The van der Waals surface area contributed by atoms with Crippen molar-refractivity contribution in [2.45, 2.75) is 71.8 Å². The van der Waals surface area contributed by atoms with Crippen LogP contribution in [-0.2, 0) is 22.4 Å². The maximum atomic E-state index is 12.9. The number of rotatable bonds is 4. The number of hydrogen-bond donors (Lipinski definition) is 1. The van der Waals surface area contributed by atoms with Gasteiger partial charge in [-0.3, -0.25) is 4.79 Å². The summed E-state index contributed by atoms with van der Waals surface area (Å²) < 4.78 is 5.50. The van der Waals surface area contributed by atoms with Crippen molar-refractivity contribution in [1.82, 2.24) is 0 Å². The molecule has 1 heterocycles. The number of amides is 1. The van der Waals surface area contributed by atoms with Crippen LogP contribution in [0.4, 0.5) is 5.00 Å². The van der Waals surface area contributed by atoms with E-state index in [0.717, 1.165) is 42.2 Å². The number of anilines is 1. The molecule has 3 aliphatic carbocycles. The van der Waals surface area contributed by atoms with Crippen molar-refractivity contribution in [3.05, 3.63) is 16.0 Å². The largest absolute Gasteiger partial charge is 0.459 e. The maximum Gasteiger partial charge on any atom is 0.341 e. The van der Waals surface area contributed by atoms with E-state index in [4.69, 9.17) is 4.74 Å². The van der Waals surface area contributed by atoms with E-state index in [-0.39, 0.29) is 23.9 Å². The molecule has 4 nitrogen and oxygen atoms in total. The van der Waals surface area contributed by atoms with Crippen LogP contribution < -0.4 is 5.32 Å². The quantitative estimate of drug-likeness (QED) is 0.768. The Morgan fingerprint density at radius 3 is 2.65 bits per heavy atom. The highest BCUT2D eigenvalue weighted by Crippen LogP contribution is 2.49. The molecule has 3 aliphatic rings. The molecule has 5 heteroatoms. The first-order valence-corrected chi connectivity index (χ1v) is 10.9. The van der Waals surface area contributed by atoms with Gasteiger partial charge in [0.15, 0.2) is 0 Å². The molecule has 142 valence electrons. The monoisotopic (exact) mass is 375 g/mol. The average Bonchev–Trinajstić information content (AvgIpc) is 3.26. The lowest BCUT2D eigenvalue weighted by Crippen LogP contribution is -2.27. The van der Waals surface area contributed by atoms with Crippen molar-refractivity contribution in [1.29, 1.82) is 0 Å². The van der Waals surface area contributed by atoms with Crippen molar-refractivity contribution in [2.24, 2.45) is 23.7 Å². The van der Waals surface area contributed by atoms with Crippen molar-refractivity contribution >= 4 is 28.2 Å². The topological polar surface area (TPSA) is 55.4 Å². The van der Waals surface area contributed by atoms with E-state index in [1.807, 2.05) is 13.8 Å². The summed E-state index contributed by atoms with van der Waals surface area (Å²) in [5.41, 5.74) is 1.74. The number of ether oxygens (including phenoxy) is 1. The molecule has 4 atom stereocenters. The molecule has 1 aromatic heterocycles. The molecule has 2 fully saturated rings. The number of nitrogens with one attached hydrogen (secondary N) is 1. The number of hydrogen-bond acceptors (Lipinski definition) is 4. The first kappa shape index (κ1) is 18.0. The van der Waals surface area contributed by atoms with Crippen LogP contribution in [0, 0.1) is 23.7 Å². The zero-order valence-corrected chi connectivity index (χ0v) is 16.8. The van der Waals surface area contributed by atoms with Crippen LogP contribution in [-0.4, -0.2) is 18.0 Å². The van der Waals surface area contributed by atoms with Gasteiger partial charge in [0.05, 0.1) is 11.7 Å². The minimum absolute atomic E-state index is 0.113. The Morgan fingerprint density at radius 1 is 1.19 bits per heavy atom. The molecule has 0 aliphatic heterocycles. The van der Waals surface area contributed by atoms with Gasteiger partial charge in [-0.15, -0.1) is 11.3 Å². The van der Waals surface area contributed by atoms with Crippen LogP contribution in [0.2, 0.25) is 0 Å². The Hall–Kier alpha value is -1.36. The molecular weight excluding hydrogens is 346 g/mol. The number of carbonyl (C=O) groups is 2.